The minimum Gasteiger partial charge on any atom is -0.352 e. The predicted octanol–water partition coefficient (Wildman–Crippen LogP) is 10.3. The number of aryl methyl sites for hydroxylation is 13. The third kappa shape index (κ3) is 15.2. The number of tetrazole rings is 1. The standard InChI is InChI=1S/C16H33N.C9H15N.2C7H12N2.3C5H9N3.C3H6N4/c1-12(2)13(3,4)15(7,8)17(11)16(9,10)14(12,5)6;1-6-7(2)9(4)10(5)8(6)3;1-5-6(2)9(4)7(3)8-5;1-5-6(2)8-9(4)7(5)3;1-4-6-7-5(2)8(4)3;1-4-6-5(2)8(3)7-4;1-4-5(2)8(3)7-6-4;1-3-4-5-6-7(3)2/h1-11H3;1-5H3;2*1-4H3;3*1-3H3;1-2H3. The first-order valence-corrected chi connectivity index (χ1v) is 26.3. The van der Waals surface area contributed by atoms with E-state index in [2.05, 4.69) is 202 Å². The lowest BCUT2D eigenvalue weighted by Gasteiger charge is -2.73. The fraction of sp³-hybridized carbons (Fsp3) is 0.702. The number of likely N-dealkylation sites (tertiary alicyclic amines) is 1. The second kappa shape index (κ2) is 26.5. The van der Waals surface area contributed by atoms with Crippen molar-refractivity contribution in [3.63, 3.8) is 0 Å². The molecule has 0 N–H and O–H groups in total. The summed E-state index contributed by atoms with van der Waals surface area (Å²) >= 11 is 0. The topological polar surface area (TPSA) is 180 Å². The number of imidazole rings is 1. The maximum atomic E-state index is 4.27. The Balaban J connectivity index is 0.000000442. The summed E-state index contributed by atoms with van der Waals surface area (Å²) in [5.74, 6) is 5.64. The van der Waals surface area contributed by atoms with Crippen molar-refractivity contribution in [1.29, 1.82) is 0 Å². The van der Waals surface area contributed by atoms with Crippen LogP contribution in [0.2, 0.25) is 0 Å². The molecule has 0 bridgehead atoms. The van der Waals surface area contributed by atoms with Crippen LogP contribution in [0.4, 0.5) is 0 Å². The molecule has 19 heteroatoms. The normalized spacial score (nSPS) is 15.2. The predicted molar refractivity (Wildman–Crippen MR) is 311 cm³/mol. The van der Waals surface area contributed by atoms with E-state index in [4.69, 9.17) is 0 Å². The van der Waals surface area contributed by atoms with Crippen molar-refractivity contribution < 1.29 is 0 Å². The number of nitrogens with zero attached hydrogens (tertiary/aromatic N) is 19. The molecular weight excluding hydrogens is 951 g/mol. The van der Waals surface area contributed by atoms with Crippen LogP contribution < -0.4 is 0 Å². The van der Waals surface area contributed by atoms with Crippen molar-refractivity contribution >= 4 is 0 Å². The molecule has 7 aromatic heterocycles. The second-order valence-corrected chi connectivity index (χ2v) is 23.3. The Kier molecular flexibility index (Phi) is 23.7. The smallest absolute Gasteiger partial charge is 0.147 e. The van der Waals surface area contributed by atoms with Gasteiger partial charge in [0.2, 0.25) is 0 Å². The Morgan fingerprint density at radius 3 is 0.908 bits per heavy atom. The molecular formula is C57H105N19. The molecule has 428 valence electrons. The fourth-order valence-corrected chi connectivity index (χ4v) is 8.82. The van der Waals surface area contributed by atoms with Crippen molar-refractivity contribution in [3.05, 3.63) is 97.2 Å². The van der Waals surface area contributed by atoms with Gasteiger partial charge in [-0.1, -0.05) is 46.8 Å². The molecule has 0 spiro atoms. The average Bonchev–Trinajstić information content (AvgIpc) is 4.17. The molecule has 0 aromatic carbocycles. The molecule has 0 amide bonds. The molecule has 8 heterocycles. The van der Waals surface area contributed by atoms with Gasteiger partial charge in [0.15, 0.2) is 0 Å². The van der Waals surface area contributed by atoms with Gasteiger partial charge in [0.25, 0.3) is 0 Å². The van der Waals surface area contributed by atoms with Crippen LogP contribution in [0.15, 0.2) is 0 Å². The number of aromatic nitrogens is 18. The maximum Gasteiger partial charge on any atom is 0.147 e. The van der Waals surface area contributed by atoms with Gasteiger partial charge in [-0.2, -0.15) is 10.2 Å². The molecule has 1 aliphatic heterocycles. The van der Waals surface area contributed by atoms with Crippen LogP contribution in [0.5, 0.6) is 0 Å². The number of hydrogen-bond donors (Lipinski definition) is 0. The molecule has 0 aliphatic carbocycles. The first-order chi connectivity index (χ1) is 34.4. The highest BCUT2D eigenvalue weighted by Crippen LogP contribution is 2.66. The zero-order valence-electron chi connectivity index (χ0n) is 54.5. The minimum atomic E-state index is 0.190. The second-order valence-electron chi connectivity index (χ2n) is 23.3. The van der Waals surface area contributed by atoms with E-state index in [0.29, 0.717) is 0 Å². The van der Waals surface area contributed by atoms with E-state index in [-0.39, 0.29) is 27.3 Å². The van der Waals surface area contributed by atoms with Crippen LogP contribution in [0.1, 0.15) is 166 Å². The van der Waals surface area contributed by atoms with E-state index in [9.17, 15) is 0 Å². The van der Waals surface area contributed by atoms with Gasteiger partial charge in [0, 0.05) is 83.2 Å². The summed E-state index contributed by atoms with van der Waals surface area (Å²) < 4.78 is 13.3. The van der Waals surface area contributed by atoms with Gasteiger partial charge in [0.05, 0.1) is 22.8 Å². The molecule has 0 unspecified atom stereocenters. The Labute approximate surface area is 459 Å². The third-order valence-electron chi connectivity index (χ3n) is 18.8. The quantitative estimate of drug-likeness (QED) is 0.141. The van der Waals surface area contributed by atoms with Crippen molar-refractivity contribution in [2.24, 2.45) is 65.6 Å². The zero-order chi connectivity index (χ0) is 59.7. The fourth-order valence-electron chi connectivity index (χ4n) is 8.82. The van der Waals surface area contributed by atoms with Gasteiger partial charge >= 0.3 is 0 Å². The van der Waals surface area contributed by atoms with E-state index < -0.39 is 0 Å². The molecule has 19 nitrogen and oxygen atoms in total. The van der Waals surface area contributed by atoms with Crippen LogP contribution in [-0.4, -0.2) is 112 Å². The molecule has 1 aliphatic rings. The largest absolute Gasteiger partial charge is 0.352 e. The molecule has 1 saturated heterocycles. The van der Waals surface area contributed by atoms with Gasteiger partial charge in [0.1, 0.15) is 34.9 Å². The SMILES string of the molecule is CN1C(C)(C)C(C)(C)C(C)(C)C(C)(C)C1(C)C.Cc1c(C)c(C)n(C)c1C.Cc1nc(C)n(C)c1C.Cc1nc(C)n(C)n1.Cc1nn(C)c(C)c1C.Cc1nnc(C)n1C.Cc1nnn(C)c1C.Cc1nnnn1C. The molecule has 0 saturated carbocycles. The summed E-state index contributed by atoms with van der Waals surface area (Å²) in [6.45, 7) is 58.7. The Morgan fingerprint density at radius 2 is 0.763 bits per heavy atom. The number of hydrogen-bond acceptors (Lipinski definition) is 12. The summed E-state index contributed by atoms with van der Waals surface area (Å²) in [6, 6.07) is 0. The first kappa shape index (κ1) is 68.2. The molecule has 7 aromatic rings. The highest BCUT2D eigenvalue weighted by atomic mass is 15.5. The number of rotatable bonds is 0. The lowest BCUT2D eigenvalue weighted by atomic mass is 9.41. The average molecular weight is 1060 g/mol. The van der Waals surface area contributed by atoms with Gasteiger partial charge in [-0.3, -0.25) is 18.9 Å². The van der Waals surface area contributed by atoms with E-state index in [1.54, 1.807) is 21.1 Å². The number of piperidine rings is 1. The first-order valence-electron chi connectivity index (χ1n) is 26.3. The highest BCUT2D eigenvalue weighted by Gasteiger charge is 2.67. The zero-order valence-corrected chi connectivity index (χ0v) is 54.5. The van der Waals surface area contributed by atoms with Crippen LogP contribution in [0, 0.1) is 134 Å². The van der Waals surface area contributed by atoms with Crippen molar-refractivity contribution in [3.8, 4) is 0 Å². The van der Waals surface area contributed by atoms with E-state index in [0.717, 1.165) is 57.7 Å². The lowest BCUT2D eigenvalue weighted by molar-refractivity contribution is -0.238. The molecule has 0 radical (unpaired) electrons. The Morgan fingerprint density at radius 1 is 0.303 bits per heavy atom. The molecule has 1 fully saturated rings. The van der Waals surface area contributed by atoms with Crippen LogP contribution in [-0.2, 0) is 49.3 Å². The summed E-state index contributed by atoms with van der Waals surface area (Å²) in [7, 11) is 15.9. The summed E-state index contributed by atoms with van der Waals surface area (Å²) in [5, 5.41) is 34.1. The lowest BCUT2D eigenvalue weighted by Crippen LogP contribution is -2.76. The summed E-state index contributed by atoms with van der Waals surface area (Å²) in [6.07, 6.45) is 0. The van der Waals surface area contributed by atoms with Gasteiger partial charge in [-0.15, -0.1) is 20.4 Å². The van der Waals surface area contributed by atoms with Crippen molar-refractivity contribution in [2.75, 3.05) is 7.05 Å². The molecule has 8 rings (SSSR count). The van der Waals surface area contributed by atoms with E-state index in [1.807, 2.05) is 114 Å². The monoisotopic (exact) mass is 1060 g/mol. The summed E-state index contributed by atoms with van der Waals surface area (Å²) in [5.41, 5.74) is 15.0. The van der Waals surface area contributed by atoms with Gasteiger partial charge < -0.3 is 13.7 Å². The van der Waals surface area contributed by atoms with Crippen molar-refractivity contribution in [1.82, 2.24) is 93.5 Å². The summed E-state index contributed by atoms with van der Waals surface area (Å²) in [4.78, 5) is 10.9. The Bertz CT molecular complexity index is 2600. The van der Waals surface area contributed by atoms with Gasteiger partial charge in [-0.25, -0.2) is 14.6 Å². The van der Waals surface area contributed by atoms with Crippen molar-refractivity contribution in [2.45, 2.75) is 198 Å². The Hall–Kier alpha value is -5.85. The van der Waals surface area contributed by atoms with E-state index in [1.165, 1.54) is 39.5 Å². The maximum absolute atomic E-state index is 4.27. The molecule has 0 atom stereocenters. The molecule has 76 heavy (non-hydrogen) atoms. The van der Waals surface area contributed by atoms with Crippen LogP contribution in [0.3, 0.4) is 0 Å². The van der Waals surface area contributed by atoms with Crippen LogP contribution in [0.25, 0.3) is 0 Å². The highest BCUT2D eigenvalue weighted by molar-refractivity contribution is 5.34. The van der Waals surface area contributed by atoms with Gasteiger partial charge in [-0.05, 0) is 196 Å². The van der Waals surface area contributed by atoms with Crippen LogP contribution >= 0.6 is 0 Å². The minimum absolute atomic E-state index is 0.190. The van der Waals surface area contributed by atoms with E-state index >= 15 is 0 Å². The third-order valence-corrected chi connectivity index (χ3v) is 18.8.